The van der Waals surface area contributed by atoms with Crippen molar-refractivity contribution in [3.63, 3.8) is 0 Å². The Morgan fingerprint density at radius 2 is 2.18 bits per heavy atom. The maximum Gasteiger partial charge on any atom is 0.278 e. The Hall–Kier alpha value is -3.36. The molecule has 0 aliphatic carbocycles. The summed E-state index contributed by atoms with van der Waals surface area (Å²) in [7, 11) is 0. The van der Waals surface area contributed by atoms with Crippen molar-refractivity contribution in [2.45, 2.75) is 6.92 Å². The lowest BCUT2D eigenvalue weighted by atomic mass is 10.4. The number of anilines is 1. The zero-order chi connectivity index (χ0) is 15.1. The molecule has 0 aromatic carbocycles. The second kappa shape index (κ2) is 4.58. The third kappa shape index (κ3) is 1.95. The van der Waals surface area contributed by atoms with Crippen LogP contribution in [0.25, 0.3) is 11.4 Å². The van der Waals surface area contributed by atoms with Gasteiger partial charge < -0.3 is 0 Å². The van der Waals surface area contributed by atoms with Crippen molar-refractivity contribution in [3.05, 3.63) is 48.2 Å². The molecule has 4 aromatic heterocycles. The van der Waals surface area contributed by atoms with Crippen LogP contribution in [0.15, 0.2) is 36.8 Å². The Bertz CT molecular complexity index is 969. The van der Waals surface area contributed by atoms with E-state index in [-0.39, 0.29) is 17.5 Å². The highest BCUT2D eigenvalue weighted by molar-refractivity contribution is 6.02. The van der Waals surface area contributed by atoms with Crippen molar-refractivity contribution < 1.29 is 4.79 Å². The molecule has 0 aliphatic heterocycles. The Kier molecular flexibility index (Phi) is 2.58. The molecule has 0 spiro atoms. The van der Waals surface area contributed by atoms with Crippen molar-refractivity contribution in [2.75, 3.05) is 5.32 Å². The second-order valence-corrected chi connectivity index (χ2v) is 4.67. The predicted molar refractivity (Wildman–Crippen MR) is 76.5 cm³/mol. The van der Waals surface area contributed by atoms with Crippen LogP contribution in [-0.2, 0) is 0 Å². The summed E-state index contributed by atoms with van der Waals surface area (Å²) in [6, 6.07) is 5.14. The number of nitrogens with one attached hydrogen (secondary N) is 1. The zero-order valence-corrected chi connectivity index (χ0v) is 11.5. The van der Waals surface area contributed by atoms with Crippen molar-refractivity contribution in [1.29, 1.82) is 0 Å². The van der Waals surface area contributed by atoms with Gasteiger partial charge in [-0.1, -0.05) is 0 Å². The molecule has 0 saturated carbocycles. The Morgan fingerprint density at radius 1 is 1.27 bits per heavy atom. The fraction of sp³-hybridized carbons (Fsp3) is 0.0769. The number of aromatic nitrogens is 7. The van der Waals surface area contributed by atoms with E-state index in [2.05, 4.69) is 30.6 Å². The van der Waals surface area contributed by atoms with E-state index in [0.717, 1.165) is 5.69 Å². The van der Waals surface area contributed by atoms with Crippen molar-refractivity contribution in [1.82, 2.24) is 34.2 Å². The summed E-state index contributed by atoms with van der Waals surface area (Å²) < 4.78 is 3.13. The summed E-state index contributed by atoms with van der Waals surface area (Å²) in [4.78, 5) is 20.6. The molecule has 22 heavy (non-hydrogen) atoms. The topological polar surface area (TPSA) is 102 Å². The highest BCUT2D eigenvalue weighted by atomic mass is 16.2. The average Bonchev–Trinajstić information content (AvgIpc) is 3.11. The molecular formula is C13H10N8O. The summed E-state index contributed by atoms with van der Waals surface area (Å²) in [6.07, 6.45) is 5.11. The van der Waals surface area contributed by atoms with E-state index in [0.29, 0.717) is 11.4 Å². The van der Waals surface area contributed by atoms with Gasteiger partial charge >= 0.3 is 0 Å². The number of hydrogen-bond acceptors (Lipinski definition) is 6. The second-order valence-electron chi connectivity index (χ2n) is 4.67. The van der Waals surface area contributed by atoms with E-state index in [1.165, 1.54) is 4.52 Å². The van der Waals surface area contributed by atoms with Gasteiger partial charge in [-0.25, -0.2) is 14.5 Å². The Morgan fingerprint density at radius 3 is 3.05 bits per heavy atom. The van der Waals surface area contributed by atoms with Crippen molar-refractivity contribution >= 4 is 23.3 Å². The predicted octanol–water partition coefficient (Wildman–Crippen LogP) is 0.728. The van der Waals surface area contributed by atoms with Crippen LogP contribution in [0.3, 0.4) is 0 Å². The smallest absolute Gasteiger partial charge is 0.278 e. The van der Waals surface area contributed by atoms with Crippen molar-refractivity contribution in [3.8, 4) is 0 Å². The quantitative estimate of drug-likeness (QED) is 0.584. The van der Waals surface area contributed by atoms with Gasteiger partial charge in [-0.15, -0.1) is 10.2 Å². The molecule has 0 bridgehead atoms. The lowest BCUT2D eigenvalue weighted by molar-refractivity contribution is 0.102. The standard InChI is InChI=1S/C13H10N8O/c1-8-3-6-20-12(15-8)17-18-13(20)16-11(22)9-7-10-14-4-2-5-21(10)19-9/h2-7H,1H3,(H,16,18,22). The number of nitrogens with zero attached hydrogens (tertiary/aromatic N) is 7. The minimum atomic E-state index is -0.389. The molecule has 0 radical (unpaired) electrons. The molecule has 108 valence electrons. The number of fused-ring (bicyclic) bond motifs is 2. The normalized spacial score (nSPS) is 11.1. The average molecular weight is 294 g/mol. The lowest BCUT2D eigenvalue weighted by Crippen LogP contribution is -2.15. The van der Waals surface area contributed by atoms with E-state index >= 15 is 0 Å². The van der Waals surface area contributed by atoms with Gasteiger partial charge in [-0.3, -0.25) is 14.5 Å². The van der Waals surface area contributed by atoms with E-state index in [9.17, 15) is 4.79 Å². The van der Waals surface area contributed by atoms with Crippen LogP contribution in [-0.4, -0.2) is 40.1 Å². The number of carbonyl (C=O) groups is 1. The van der Waals surface area contributed by atoms with E-state index < -0.39 is 0 Å². The number of aryl methyl sites for hydroxylation is 1. The molecule has 1 N–H and O–H groups in total. The van der Waals surface area contributed by atoms with E-state index in [1.807, 2.05) is 6.92 Å². The molecule has 0 unspecified atom stereocenters. The maximum absolute atomic E-state index is 12.3. The van der Waals surface area contributed by atoms with Gasteiger partial charge in [0.2, 0.25) is 5.95 Å². The summed E-state index contributed by atoms with van der Waals surface area (Å²) >= 11 is 0. The van der Waals surface area contributed by atoms with E-state index in [4.69, 9.17) is 0 Å². The number of rotatable bonds is 2. The molecule has 4 heterocycles. The highest BCUT2D eigenvalue weighted by Crippen LogP contribution is 2.09. The van der Waals surface area contributed by atoms with E-state index in [1.54, 1.807) is 41.2 Å². The number of carbonyl (C=O) groups excluding carboxylic acids is 1. The molecule has 1 amide bonds. The fourth-order valence-electron chi connectivity index (χ4n) is 2.07. The molecule has 0 fully saturated rings. The minimum Gasteiger partial charge on any atom is -0.289 e. The van der Waals surface area contributed by atoms with Crippen LogP contribution >= 0.6 is 0 Å². The third-order valence-corrected chi connectivity index (χ3v) is 3.11. The monoisotopic (exact) mass is 294 g/mol. The highest BCUT2D eigenvalue weighted by Gasteiger charge is 2.15. The van der Waals surface area contributed by atoms with Gasteiger partial charge in [0.1, 0.15) is 0 Å². The van der Waals surface area contributed by atoms with Gasteiger partial charge in [0, 0.05) is 30.4 Å². The molecule has 0 saturated heterocycles. The van der Waals surface area contributed by atoms with Crippen LogP contribution < -0.4 is 5.32 Å². The first-order chi connectivity index (χ1) is 10.7. The van der Waals surface area contributed by atoms with Crippen LogP contribution in [0, 0.1) is 6.92 Å². The molecule has 4 rings (SSSR count). The zero-order valence-electron chi connectivity index (χ0n) is 11.5. The summed E-state index contributed by atoms with van der Waals surface area (Å²) in [5, 5.41) is 14.7. The fourth-order valence-corrected chi connectivity index (χ4v) is 2.07. The van der Waals surface area contributed by atoms with Gasteiger partial charge in [-0.05, 0) is 19.1 Å². The number of hydrogen-bond donors (Lipinski definition) is 1. The Labute approximate surface area is 123 Å². The number of amides is 1. The Balaban J connectivity index is 1.68. The first-order valence-corrected chi connectivity index (χ1v) is 6.51. The molecule has 9 nitrogen and oxygen atoms in total. The summed E-state index contributed by atoms with van der Waals surface area (Å²) in [5.41, 5.74) is 1.66. The molecule has 4 aromatic rings. The molecule has 0 aliphatic rings. The van der Waals surface area contributed by atoms with Gasteiger partial charge in [0.25, 0.3) is 11.7 Å². The molecular weight excluding hydrogens is 284 g/mol. The minimum absolute atomic E-state index is 0.246. The first-order valence-electron chi connectivity index (χ1n) is 6.51. The van der Waals surface area contributed by atoms with Crippen LogP contribution in [0.2, 0.25) is 0 Å². The summed E-state index contributed by atoms with van der Waals surface area (Å²) in [6.45, 7) is 1.86. The molecule has 9 heteroatoms. The maximum atomic E-state index is 12.3. The summed E-state index contributed by atoms with van der Waals surface area (Å²) in [5.74, 6) is 0.324. The van der Waals surface area contributed by atoms with Crippen LogP contribution in [0.5, 0.6) is 0 Å². The first kappa shape index (κ1) is 12.4. The molecule has 0 atom stereocenters. The largest absolute Gasteiger partial charge is 0.289 e. The van der Waals surface area contributed by atoms with Gasteiger partial charge in [0.05, 0.1) is 0 Å². The SMILES string of the molecule is Cc1ccn2c(NC(=O)c3cc4ncccn4n3)nnc2n1. The lowest BCUT2D eigenvalue weighted by Gasteiger charge is -2.00. The van der Waals surface area contributed by atoms with Gasteiger partial charge in [-0.2, -0.15) is 5.10 Å². The van der Waals surface area contributed by atoms with Gasteiger partial charge in [0.15, 0.2) is 11.3 Å². The van der Waals surface area contributed by atoms with Crippen LogP contribution in [0.1, 0.15) is 16.2 Å². The van der Waals surface area contributed by atoms with Crippen LogP contribution in [0.4, 0.5) is 5.95 Å². The van der Waals surface area contributed by atoms with Crippen molar-refractivity contribution in [2.24, 2.45) is 0 Å². The third-order valence-electron chi connectivity index (χ3n) is 3.11.